The first-order valence-corrected chi connectivity index (χ1v) is 12.9. The number of alkyl halides is 1. The number of aromatic nitrogens is 2. The molecule has 0 saturated carbocycles. The van der Waals surface area contributed by atoms with Gasteiger partial charge >= 0.3 is 21.3 Å². The lowest BCUT2D eigenvalue weighted by atomic mass is 10.1. The Bertz CT molecular complexity index is 1130. The smallest absolute Gasteiger partial charge is 0.388 e. The number of aliphatic hydroxyl groups excluding tert-OH is 5. The average Bonchev–Trinajstić information content (AvgIpc) is 3.21. The third kappa shape index (κ3) is 6.53. The maximum atomic E-state index is 12.6. The fourth-order valence-electron chi connectivity index (χ4n) is 3.36. The fourth-order valence-corrected chi connectivity index (χ4v) is 5.52. The number of hydrogen-bond acceptors (Lipinski definition) is 14. The summed E-state index contributed by atoms with van der Waals surface area (Å²) >= 11 is 0. The van der Waals surface area contributed by atoms with Gasteiger partial charge in [-0.1, -0.05) is 0 Å². The van der Waals surface area contributed by atoms with E-state index < -0.39 is 95.4 Å². The summed E-state index contributed by atoms with van der Waals surface area (Å²) < 4.78 is 60.4. The zero-order valence-electron chi connectivity index (χ0n) is 17.8. The highest BCUT2D eigenvalue weighted by atomic mass is 31.3. The molecule has 2 saturated heterocycles. The molecule has 11 atom stereocenters. The molecule has 0 radical (unpaired) electrons. The van der Waals surface area contributed by atoms with Crippen molar-refractivity contribution in [2.24, 2.45) is 0 Å². The molecule has 2 aliphatic rings. The van der Waals surface area contributed by atoms with E-state index in [-0.39, 0.29) is 0 Å². The van der Waals surface area contributed by atoms with Gasteiger partial charge in [0.1, 0.15) is 49.4 Å². The van der Waals surface area contributed by atoms with Crippen LogP contribution in [0.5, 0.6) is 0 Å². The highest BCUT2D eigenvalue weighted by Gasteiger charge is 2.51. The Morgan fingerprint density at radius 2 is 1.72 bits per heavy atom. The quantitative estimate of drug-likeness (QED) is 0.126. The van der Waals surface area contributed by atoms with Crippen LogP contribution in [-0.4, -0.2) is 107 Å². The molecule has 3 rings (SSSR count). The number of aromatic amines is 1. The first-order chi connectivity index (χ1) is 16.7. The normalized spacial score (nSPS) is 36.9. The molecule has 2 aliphatic heterocycles. The molecule has 206 valence electrons. The summed E-state index contributed by atoms with van der Waals surface area (Å²) in [6.45, 7) is -2.44. The van der Waals surface area contributed by atoms with E-state index in [0.717, 1.165) is 12.3 Å². The van der Waals surface area contributed by atoms with Crippen molar-refractivity contribution >= 4 is 15.6 Å². The topological polar surface area (TPSA) is 277 Å². The average molecular weight is 568 g/mol. The van der Waals surface area contributed by atoms with E-state index in [9.17, 15) is 58.4 Å². The molecule has 8 N–H and O–H groups in total. The molecule has 0 amide bonds. The first-order valence-electron chi connectivity index (χ1n) is 9.94. The molecule has 0 spiro atoms. The monoisotopic (exact) mass is 568 g/mol. The van der Waals surface area contributed by atoms with Crippen LogP contribution in [0.3, 0.4) is 0 Å². The predicted molar refractivity (Wildman–Crippen MR) is 108 cm³/mol. The van der Waals surface area contributed by atoms with E-state index in [4.69, 9.17) is 9.47 Å². The van der Waals surface area contributed by atoms with Crippen molar-refractivity contribution in [2.45, 2.75) is 55.2 Å². The Balaban J connectivity index is 1.60. The van der Waals surface area contributed by atoms with Crippen LogP contribution in [0.15, 0.2) is 21.9 Å². The second-order valence-electron chi connectivity index (χ2n) is 7.66. The van der Waals surface area contributed by atoms with Crippen LogP contribution in [0.2, 0.25) is 0 Å². The van der Waals surface area contributed by atoms with Gasteiger partial charge in [0.15, 0.2) is 12.5 Å². The third-order valence-electron chi connectivity index (χ3n) is 5.10. The number of aliphatic hydroxyl groups is 5. The highest BCUT2D eigenvalue weighted by molar-refractivity contribution is 7.61. The fraction of sp³-hybridized carbons (Fsp3) is 0.733. The van der Waals surface area contributed by atoms with Crippen LogP contribution in [0.4, 0.5) is 4.39 Å². The van der Waals surface area contributed by atoms with Crippen molar-refractivity contribution in [1.82, 2.24) is 9.55 Å². The van der Waals surface area contributed by atoms with E-state index >= 15 is 0 Å². The number of rotatable bonds is 10. The lowest BCUT2D eigenvalue weighted by molar-refractivity contribution is -0.141. The Morgan fingerprint density at radius 3 is 2.33 bits per heavy atom. The molecule has 3 heterocycles. The molecule has 1 aromatic heterocycles. The predicted octanol–water partition coefficient (Wildman–Crippen LogP) is -3.82. The molecular weight excluding hydrogens is 545 g/mol. The Kier molecular flexibility index (Phi) is 9.02. The highest BCUT2D eigenvalue weighted by Crippen LogP contribution is 2.61. The van der Waals surface area contributed by atoms with Gasteiger partial charge in [-0.05, 0) is 0 Å². The Hall–Kier alpha value is -1.41. The molecule has 18 nitrogen and oxygen atoms in total. The van der Waals surface area contributed by atoms with Gasteiger partial charge in [-0.2, -0.15) is 4.31 Å². The van der Waals surface area contributed by atoms with Gasteiger partial charge in [0.2, 0.25) is 0 Å². The molecule has 0 aromatic carbocycles. The van der Waals surface area contributed by atoms with E-state index in [1.54, 1.807) is 0 Å². The van der Waals surface area contributed by atoms with Crippen molar-refractivity contribution in [3.05, 3.63) is 33.1 Å². The summed E-state index contributed by atoms with van der Waals surface area (Å²) in [5.74, 6) is 0. The summed E-state index contributed by atoms with van der Waals surface area (Å²) in [4.78, 5) is 44.4. The summed E-state index contributed by atoms with van der Waals surface area (Å²) in [6, 6.07) is 0.923. The zero-order valence-corrected chi connectivity index (χ0v) is 19.6. The summed E-state index contributed by atoms with van der Waals surface area (Å²) in [6.07, 6.45) is -15.7. The van der Waals surface area contributed by atoms with Crippen LogP contribution in [0.25, 0.3) is 0 Å². The van der Waals surface area contributed by atoms with Crippen molar-refractivity contribution < 1.29 is 71.7 Å². The van der Waals surface area contributed by atoms with Crippen LogP contribution < -0.4 is 11.2 Å². The maximum absolute atomic E-state index is 12.6. The van der Waals surface area contributed by atoms with Crippen molar-refractivity contribution in [2.75, 3.05) is 13.3 Å². The number of H-pyrrole nitrogens is 1. The molecule has 0 aliphatic carbocycles. The zero-order chi connectivity index (χ0) is 27.0. The summed E-state index contributed by atoms with van der Waals surface area (Å²) in [7, 11) is -11.1. The van der Waals surface area contributed by atoms with Crippen LogP contribution >= 0.6 is 15.6 Å². The molecule has 36 heavy (non-hydrogen) atoms. The first kappa shape index (κ1) is 29.2. The summed E-state index contributed by atoms with van der Waals surface area (Å²) in [5.41, 5.74) is -1.75. The Morgan fingerprint density at radius 1 is 1.06 bits per heavy atom. The minimum Gasteiger partial charge on any atom is -0.388 e. The van der Waals surface area contributed by atoms with E-state index in [1.807, 2.05) is 4.98 Å². The van der Waals surface area contributed by atoms with Gasteiger partial charge in [0.05, 0.1) is 6.61 Å². The lowest BCUT2D eigenvalue weighted by Gasteiger charge is -2.22. The van der Waals surface area contributed by atoms with Gasteiger partial charge in [-0.15, -0.1) is 0 Å². The summed E-state index contributed by atoms with van der Waals surface area (Å²) in [5, 5.41) is 49.1. The standard InChI is InChI=1S/C15H23FN2O16P2/c16-3-5(19)12-9(22)11(24)14(32-12)33-36(28,29)34-35(26,27)30-4-6-8(21)10(23)13(31-6)18-2-1-7(20)17-15(18)25/h1-2,5-6,8-14,19,21-24H,3-4H2,(H,26,27)(H,28,29)(H,17,20,25)/t5?,6-,8-,9-,10-,11-,12+,13-,14-/m1/s1. The van der Waals surface area contributed by atoms with Crippen LogP contribution in [-0.2, 0) is 32.0 Å². The largest absolute Gasteiger partial charge is 0.483 e. The number of hydrogen-bond donors (Lipinski definition) is 8. The third-order valence-corrected chi connectivity index (χ3v) is 7.70. The van der Waals surface area contributed by atoms with Crippen molar-refractivity contribution in [3.63, 3.8) is 0 Å². The van der Waals surface area contributed by atoms with Gasteiger partial charge < -0.3 is 44.8 Å². The number of nitrogens with one attached hydrogen (secondary N) is 1. The molecule has 1 aromatic rings. The van der Waals surface area contributed by atoms with Crippen LogP contribution in [0.1, 0.15) is 6.23 Å². The van der Waals surface area contributed by atoms with E-state index in [0.29, 0.717) is 4.57 Å². The number of phosphoric acid groups is 2. The Labute approximate surface area is 199 Å². The van der Waals surface area contributed by atoms with E-state index in [1.165, 1.54) is 0 Å². The van der Waals surface area contributed by atoms with E-state index in [2.05, 4.69) is 13.4 Å². The van der Waals surface area contributed by atoms with Crippen molar-refractivity contribution in [3.8, 4) is 0 Å². The molecular formula is C15H23FN2O16P2. The second kappa shape index (κ2) is 11.1. The van der Waals surface area contributed by atoms with Gasteiger partial charge in [-0.25, -0.2) is 18.3 Å². The number of ether oxygens (including phenoxy) is 2. The van der Waals surface area contributed by atoms with Gasteiger partial charge in [-0.3, -0.25) is 23.4 Å². The SMILES string of the molecule is O=c1ccn([C@@H]2O[C@H](COP(=O)(O)OP(=O)(O)O[C@H]3O[C@@H](C(O)CF)[C@H](O)[C@H]3O)[C@@H](O)[C@H]2O)c(=O)[nH]1. The van der Waals surface area contributed by atoms with Crippen LogP contribution in [0, 0.1) is 0 Å². The molecule has 0 bridgehead atoms. The second-order valence-corrected chi connectivity index (χ2v) is 10.7. The number of phosphoric ester groups is 2. The van der Waals surface area contributed by atoms with Gasteiger partial charge in [0, 0.05) is 12.3 Å². The molecule has 2 fully saturated rings. The van der Waals surface area contributed by atoms with Gasteiger partial charge in [0.25, 0.3) is 5.56 Å². The maximum Gasteiger partial charge on any atom is 0.483 e. The number of halogens is 1. The minimum atomic E-state index is -5.59. The molecule has 21 heteroatoms. The minimum absolute atomic E-state index is 0.717. The number of nitrogens with zero attached hydrogens (tertiary/aromatic N) is 1. The molecule has 3 unspecified atom stereocenters. The van der Waals surface area contributed by atoms with Crippen molar-refractivity contribution in [1.29, 1.82) is 0 Å². The lowest BCUT2D eigenvalue weighted by Crippen LogP contribution is -2.39.